The van der Waals surface area contributed by atoms with Gasteiger partial charge in [-0.25, -0.2) is 4.98 Å². The number of rotatable bonds is 7. The zero-order chi connectivity index (χ0) is 13.7. The van der Waals surface area contributed by atoms with Crippen LogP contribution in [0.5, 0.6) is 0 Å². The van der Waals surface area contributed by atoms with Crippen molar-refractivity contribution < 1.29 is 13.2 Å². The number of aromatic nitrogens is 1. The van der Waals surface area contributed by atoms with E-state index in [0.717, 1.165) is 16.5 Å². The molecule has 0 aliphatic rings. The largest absolute Gasteiger partial charge is 0.464 e. The number of nitrogens with one attached hydrogen (secondary N) is 1. The molecule has 0 radical (unpaired) electrons. The van der Waals surface area contributed by atoms with E-state index in [1.807, 2.05) is 12.3 Å². The molecule has 0 aliphatic carbocycles. The highest BCUT2D eigenvalue weighted by atomic mass is 32.2. The second-order valence-electron chi connectivity index (χ2n) is 3.90. The number of thioether (sulfide) groups is 1. The fraction of sp³-hybridized carbons (Fsp3) is 0.417. The van der Waals surface area contributed by atoms with E-state index >= 15 is 0 Å². The third kappa shape index (κ3) is 4.93. The predicted octanol–water partition coefficient (Wildman–Crippen LogP) is 3.79. The molecule has 3 nitrogen and oxygen atoms in total. The van der Waals surface area contributed by atoms with Gasteiger partial charge in [-0.1, -0.05) is 11.8 Å². The molecule has 7 heteroatoms. The lowest BCUT2D eigenvalue weighted by Gasteiger charge is -2.00. The van der Waals surface area contributed by atoms with Crippen LogP contribution in [0.3, 0.4) is 0 Å². The van der Waals surface area contributed by atoms with E-state index in [2.05, 4.69) is 10.3 Å². The lowest BCUT2D eigenvalue weighted by atomic mass is 10.4. The second-order valence-corrected chi connectivity index (χ2v) is 5.94. The van der Waals surface area contributed by atoms with E-state index < -0.39 is 5.76 Å². The first kappa shape index (κ1) is 14.5. The number of halogens is 2. The van der Waals surface area contributed by atoms with Crippen LogP contribution in [0.4, 0.5) is 8.78 Å². The van der Waals surface area contributed by atoms with Crippen molar-refractivity contribution in [3.05, 3.63) is 39.7 Å². The summed E-state index contributed by atoms with van der Waals surface area (Å²) in [6.45, 7) is 3.20. The SMILES string of the molecule is Cc1nc(CNCc2ccc(CSC(F)F)o2)cs1. The molecule has 0 bridgehead atoms. The van der Waals surface area contributed by atoms with E-state index in [1.165, 1.54) is 0 Å². The average molecular weight is 304 g/mol. The minimum atomic E-state index is -2.36. The van der Waals surface area contributed by atoms with E-state index in [1.54, 1.807) is 23.5 Å². The molecule has 0 aromatic carbocycles. The third-order valence-electron chi connectivity index (χ3n) is 2.34. The molecule has 0 saturated heterocycles. The zero-order valence-electron chi connectivity index (χ0n) is 10.4. The van der Waals surface area contributed by atoms with Crippen molar-refractivity contribution in [3.8, 4) is 0 Å². The highest BCUT2D eigenvalue weighted by Crippen LogP contribution is 2.21. The van der Waals surface area contributed by atoms with Gasteiger partial charge in [0.05, 0.1) is 23.0 Å². The molecule has 104 valence electrons. The summed E-state index contributed by atoms with van der Waals surface area (Å²) in [7, 11) is 0. The predicted molar refractivity (Wildman–Crippen MR) is 73.4 cm³/mol. The second kappa shape index (κ2) is 7.02. The van der Waals surface area contributed by atoms with Crippen LogP contribution in [0.15, 0.2) is 21.9 Å². The summed E-state index contributed by atoms with van der Waals surface area (Å²) in [5.74, 6) is -0.842. The van der Waals surface area contributed by atoms with Crippen molar-refractivity contribution in [3.63, 3.8) is 0 Å². The van der Waals surface area contributed by atoms with Gasteiger partial charge in [-0.05, 0) is 19.1 Å². The molecule has 0 aliphatic heterocycles. The van der Waals surface area contributed by atoms with Gasteiger partial charge in [0.2, 0.25) is 0 Å². The standard InChI is InChI=1S/C12H14F2N2OS2/c1-8-16-9(6-18-8)4-15-5-10-2-3-11(17-10)7-19-12(13)14/h2-3,6,12,15H,4-5,7H2,1H3. The van der Waals surface area contributed by atoms with Crippen molar-refractivity contribution in [2.75, 3.05) is 0 Å². The quantitative estimate of drug-likeness (QED) is 0.844. The van der Waals surface area contributed by atoms with Gasteiger partial charge in [0.25, 0.3) is 5.76 Å². The normalized spacial score (nSPS) is 11.4. The Kier molecular flexibility index (Phi) is 5.35. The van der Waals surface area contributed by atoms with Gasteiger partial charge in [0.15, 0.2) is 0 Å². The molecule has 2 heterocycles. The van der Waals surface area contributed by atoms with Crippen LogP contribution in [0.25, 0.3) is 0 Å². The first-order valence-corrected chi connectivity index (χ1v) is 7.65. The fourth-order valence-corrected chi connectivity index (χ4v) is 2.60. The molecule has 2 rings (SSSR count). The molecule has 1 N–H and O–H groups in total. The molecule has 0 unspecified atom stereocenters. The molecule has 0 atom stereocenters. The van der Waals surface area contributed by atoms with Gasteiger partial charge in [-0.2, -0.15) is 8.78 Å². The van der Waals surface area contributed by atoms with Gasteiger partial charge >= 0.3 is 0 Å². The number of aryl methyl sites for hydroxylation is 1. The summed E-state index contributed by atoms with van der Waals surface area (Å²) < 4.78 is 29.5. The lowest BCUT2D eigenvalue weighted by Crippen LogP contribution is -2.12. The van der Waals surface area contributed by atoms with Crippen LogP contribution in [0, 0.1) is 6.92 Å². The maximum Gasteiger partial charge on any atom is 0.284 e. The molecule has 2 aromatic rings. The van der Waals surface area contributed by atoms with Crippen LogP contribution in [-0.2, 0) is 18.8 Å². The number of hydrogen-bond donors (Lipinski definition) is 1. The van der Waals surface area contributed by atoms with Crippen LogP contribution in [-0.4, -0.2) is 10.7 Å². The molecule has 19 heavy (non-hydrogen) atoms. The molecule has 0 saturated carbocycles. The van der Waals surface area contributed by atoms with E-state index in [9.17, 15) is 8.78 Å². The number of alkyl halides is 2. The Balaban J connectivity index is 1.74. The highest BCUT2D eigenvalue weighted by Gasteiger charge is 2.07. The van der Waals surface area contributed by atoms with Crippen LogP contribution < -0.4 is 5.32 Å². The third-order valence-corrected chi connectivity index (χ3v) is 3.87. The van der Waals surface area contributed by atoms with Gasteiger partial charge in [0.1, 0.15) is 11.5 Å². The Morgan fingerprint density at radius 3 is 2.84 bits per heavy atom. The Labute approximate surface area is 118 Å². The highest BCUT2D eigenvalue weighted by molar-refractivity contribution is 7.98. The fourth-order valence-electron chi connectivity index (χ4n) is 1.54. The summed E-state index contributed by atoms with van der Waals surface area (Å²) in [6.07, 6.45) is 0. The summed E-state index contributed by atoms with van der Waals surface area (Å²) in [5.41, 5.74) is 1.00. The van der Waals surface area contributed by atoms with Crippen molar-refractivity contribution >= 4 is 23.1 Å². The van der Waals surface area contributed by atoms with Crippen molar-refractivity contribution in [1.29, 1.82) is 0 Å². The van der Waals surface area contributed by atoms with Crippen molar-refractivity contribution in [2.45, 2.75) is 31.5 Å². The van der Waals surface area contributed by atoms with E-state index in [0.29, 0.717) is 30.6 Å². The van der Waals surface area contributed by atoms with Crippen molar-refractivity contribution in [2.24, 2.45) is 0 Å². The zero-order valence-corrected chi connectivity index (χ0v) is 12.0. The number of furan rings is 1. The van der Waals surface area contributed by atoms with E-state index in [-0.39, 0.29) is 5.75 Å². The summed E-state index contributed by atoms with van der Waals surface area (Å²) in [5, 5.41) is 6.26. The average Bonchev–Trinajstić information content (AvgIpc) is 2.96. The lowest BCUT2D eigenvalue weighted by molar-refractivity contribution is 0.251. The molecular formula is C12H14F2N2OS2. The molecule has 0 fully saturated rings. The van der Waals surface area contributed by atoms with Gasteiger partial charge < -0.3 is 9.73 Å². The first-order valence-electron chi connectivity index (χ1n) is 5.72. The Bertz CT molecular complexity index is 513. The van der Waals surface area contributed by atoms with Crippen LogP contribution in [0.2, 0.25) is 0 Å². The van der Waals surface area contributed by atoms with Gasteiger partial charge in [-0.3, -0.25) is 0 Å². The molecular weight excluding hydrogens is 290 g/mol. The van der Waals surface area contributed by atoms with Gasteiger partial charge in [0, 0.05) is 11.9 Å². The number of thiazole rings is 1. The maximum atomic E-state index is 12.0. The minimum Gasteiger partial charge on any atom is -0.464 e. The first-order chi connectivity index (χ1) is 9.13. The van der Waals surface area contributed by atoms with Crippen LogP contribution in [0.1, 0.15) is 22.2 Å². The minimum absolute atomic E-state index is 0.197. The van der Waals surface area contributed by atoms with Crippen LogP contribution >= 0.6 is 23.1 Å². The topological polar surface area (TPSA) is 38.1 Å². The molecule has 0 spiro atoms. The van der Waals surface area contributed by atoms with Gasteiger partial charge in [-0.15, -0.1) is 11.3 Å². The number of nitrogens with zero attached hydrogens (tertiary/aromatic N) is 1. The maximum absolute atomic E-state index is 12.0. The monoisotopic (exact) mass is 304 g/mol. The Morgan fingerprint density at radius 2 is 2.16 bits per heavy atom. The Morgan fingerprint density at radius 1 is 1.37 bits per heavy atom. The molecule has 2 aromatic heterocycles. The Hall–Kier alpha value is -0.920. The summed E-state index contributed by atoms with van der Waals surface area (Å²) in [6, 6.07) is 3.54. The molecule has 0 amide bonds. The summed E-state index contributed by atoms with van der Waals surface area (Å²) in [4.78, 5) is 4.33. The smallest absolute Gasteiger partial charge is 0.284 e. The number of hydrogen-bond acceptors (Lipinski definition) is 5. The summed E-state index contributed by atoms with van der Waals surface area (Å²) >= 11 is 2.18. The van der Waals surface area contributed by atoms with E-state index in [4.69, 9.17) is 4.42 Å². The van der Waals surface area contributed by atoms with Crippen molar-refractivity contribution in [1.82, 2.24) is 10.3 Å².